The van der Waals surface area contributed by atoms with Gasteiger partial charge >= 0.3 is 0 Å². The van der Waals surface area contributed by atoms with Gasteiger partial charge in [0.25, 0.3) is 0 Å². The highest BCUT2D eigenvalue weighted by Gasteiger charge is 2.19. The standard InChI is InChI=1S/C18H18N2O2/c1-14-6-8-15(9-7-14)19-18(21)13-16(17-5-4-12-22-17)20-10-2-3-11-20/h2-12,16H,13H2,1H3,(H,19,21)/t16-/m0/s1. The maximum atomic E-state index is 12.3. The van der Waals surface area contributed by atoms with Gasteiger partial charge in [-0.2, -0.15) is 0 Å². The number of aryl methyl sites for hydroxylation is 1. The molecule has 4 heteroatoms. The van der Waals surface area contributed by atoms with Crippen molar-refractivity contribution in [2.24, 2.45) is 0 Å². The lowest BCUT2D eigenvalue weighted by atomic mass is 10.1. The molecule has 3 aromatic rings. The first-order valence-electron chi connectivity index (χ1n) is 7.25. The summed E-state index contributed by atoms with van der Waals surface area (Å²) in [4.78, 5) is 12.3. The third-order valence-electron chi connectivity index (χ3n) is 3.57. The van der Waals surface area contributed by atoms with Crippen molar-refractivity contribution in [3.8, 4) is 0 Å². The topological polar surface area (TPSA) is 47.2 Å². The molecule has 0 unspecified atom stereocenters. The summed E-state index contributed by atoms with van der Waals surface area (Å²) in [5.41, 5.74) is 1.97. The maximum Gasteiger partial charge on any atom is 0.226 e. The molecule has 3 rings (SSSR count). The van der Waals surface area contributed by atoms with Crippen molar-refractivity contribution in [2.75, 3.05) is 5.32 Å². The molecule has 0 aliphatic heterocycles. The normalized spacial score (nSPS) is 12.0. The van der Waals surface area contributed by atoms with E-state index in [1.165, 1.54) is 5.56 Å². The number of amides is 1. The number of rotatable bonds is 5. The second kappa shape index (κ2) is 6.35. The summed E-state index contributed by atoms with van der Waals surface area (Å²) in [6, 6.07) is 15.2. The van der Waals surface area contributed by atoms with Gasteiger partial charge in [-0.25, -0.2) is 0 Å². The fraction of sp³-hybridized carbons (Fsp3) is 0.167. The predicted molar refractivity (Wildman–Crippen MR) is 85.7 cm³/mol. The number of aromatic nitrogens is 1. The van der Waals surface area contributed by atoms with Crippen molar-refractivity contribution in [1.82, 2.24) is 4.57 Å². The fourth-order valence-electron chi connectivity index (χ4n) is 2.41. The van der Waals surface area contributed by atoms with Crippen LogP contribution in [-0.4, -0.2) is 10.5 Å². The van der Waals surface area contributed by atoms with Crippen LogP contribution in [0.2, 0.25) is 0 Å². The van der Waals surface area contributed by atoms with Gasteiger partial charge in [-0.3, -0.25) is 4.79 Å². The van der Waals surface area contributed by atoms with Crippen LogP contribution in [0.15, 0.2) is 71.6 Å². The van der Waals surface area contributed by atoms with Crippen LogP contribution in [0, 0.1) is 6.92 Å². The largest absolute Gasteiger partial charge is 0.467 e. The predicted octanol–water partition coefficient (Wildman–Crippen LogP) is 4.01. The van der Waals surface area contributed by atoms with Gasteiger partial charge in [0.05, 0.1) is 18.7 Å². The molecule has 1 N–H and O–H groups in total. The quantitative estimate of drug-likeness (QED) is 0.773. The summed E-state index contributed by atoms with van der Waals surface area (Å²) in [5.74, 6) is 0.731. The average Bonchev–Trinajstić information content (AvgIpc) is 3.21. The van der Waals surface area contributed by atoms with Crippen molar-refractivity contribution in [3.63, 3.8) is 0 Å². The first-order chi connectivity index (χ1) is 10.7. The minimum Gasteiger partial charge on any atom is -0.467 e. The minimum atomic E-state index is -0.143. The number of nitrogens with zero attached hydrogens (tertiary/aromatic N) is 1. The number of nitrogens with one attached hydrogen (secondary N) is 1. The molecule has 4 nitrogen and oxygen atoms in total. The Bertz CT molecular complexity index is 679. The number of carbonyl (C=O) groups is 1. The van der Waals surface area contributed by atoms with Gasteiger partial charge in [0.2, 0.25) is 5.91 Å². The van der Waals surface area contributed by atoms with Crippen LogP contribution in [0.1, 0.15) is 23.8 Å². The number of anilines is 1. The average molecular weight is 294 g/mol. The smallest absolute Gasteiger partial charge is 0.226 e. The highest BCUT2D eigenvalue weighted by atomic mass is 16.3. The molecule has 0 saturated heterocycles. The molecule has 2 aromatic heterocycles. The Kier molecular flexibility index (Phi) is 4.10. The molecule has 0 aliphatic rings. The monoisotopic (exact) mass is 294 g/mol. The van der Waals surface area contributed by atoms with E-state index in [2.05, 4.69) is 5.32 Å². The van der Waals surface area contributed by atoms with Crippen molar-refractivity contribution >= 4 is 11.6 Å². The van der Waals surface area contributed by atoms with Gasteiger partial charge in [-0.15, -0.1) is 0 Å². The number of furan rings is 1. The lowest BCUT2D eigenvalue weighted by Gasteiger charge is -2.16. The molecule has 22 heavy (non-hydrogen) atoms. The van der Waals surface area contributed by atoms with Crippen molar-refractivity contribution in [1.29, 1.82) is 0 Å². The van der Waals surface area contributed by atoms with Crippen LogP contribution in [-0.2, 0) is 4.79 Å². The van der Waals surface area contributed by atoms with E-state index >= 15 is 0 Å². The molecule has 0 fully saturated rings. The number of hydrogen-bond acceptors (Lipinski definition) is 2. The van der Waals surface area contributed by atoms with Gasteiger partial charge in [0.1, 0.15) is 5.76 Å². The second-order valence-corrected chi connectivity index (χ2v) is 5.28. The molecule has 0 radical (unpaired) electrons. The highest BCUT2D eigenvalue weighted by molar-refractivity contribution is 5.91. The van der Waals surface area contributed by atoms with Gasteiger partial charge in [-0.1, -0.05) is 17.7 Å². The fourth-order valence-corrected chi connectivity index (χ4v) is 2.41. The maximum absolute atomic E-state index is 12.3. The van der Waals surface area contributed by atoms with Gasteiger partial charge < -0.3 is 14.3 Å². The summed E-state index contributed by atoms with van der Waals surface area (Å²) >= 11 is 0. The lowest BCUT2D eigenvalue weighted by Crippen LogP contribution is -2.19. The molecular formula is C18H18N2O2. The molecule has 112 valence electrons. The van der Waals surface area contributed by atoms with E-state index in [1.807, 2.05) is 72.4 Å². The summed E-state index contributed by atoms with van der Waals surface area (Å²) in [7, 11) is 0. The number of carbonyl (C=O) groups excluding carboxylic acids is 1. The Hall–Kier alpha value is -2.75. The Morgan fingerprint density at radius 1 is 1.14 bits per heavy atom. The Morgan fingerprint density at radius 3 is 2.50 bits per heavy atom. The van der Waals surface area contributed by atoms with Crippen molar-refractivity contribution in [3.05, 3.63) is 78.5 Å². The van der Waals surface area contributed by atoms with Crippen LogP contribution in [0.25, 0.3) is 0 Å². The molecule has 0 saturated carbocycles. The SMILES string of the molecule is Cc1ccc(NC(=O)C[C@@H](c2ccco2)n2cccc2)cc1. The minimum absolute atomic E-state index is 0.0426. The van der Waals surface area contributed by atoms with Crippen molar-refractivity contribution < 1.29 is 9.21 Å². The molecule has 0 aliphatic carbocycles. The van der Waals surface area contributed by atoms with Crippen LogP contribution in [0.3, 0.4) is 0 Å². The van der Waals surface area contributed by atoms with E-state index in [4.69, 9.17) is 4.42 Å². The zero-order valence-electron chi connectivity index (χ0n) is 12.4. The third-order valence-corrected chi connectivity index (χ3v) is 3.57. The number of hydrogen-bond donors (Lipinski definition) is 1. The van der Waals surface area contributed by atoms with E-state index in [-0.39, 0.29) is 11.9 Å². The Labute approximate surface area is 129 Å². The Balaban J connectivity index is 1.73. The van der Waals surface area contributed by atoms with Gasteiger partial charge in [-0.05, 0) is 43.3 Å². The zero-order chi connectivity index (χ0) is 15.4. The highest BCUT2D eigenvalue weighted by Crippen LogP contribution is 2.23. The summed E-state index contributed by atoms with van der Waals surface area (Å²) < 4.78 is 7.47. The van der Waals surface area contributed by atoms with Crippen LogP contribution in [0.4, 0.5) is 5.69 Å². The molecule has 1 atom stereocenters. The Morgan fingerprint density at radius 2 is 1.86 bits per heavy atom. The van der Waals surface area contributed by atoms with E-state index in [0.29, 0.717) is 6.42 Å². The summed E-state index contributed by atoms with van der Waals surface area (Å²) in [5, 5.41) is 2.93. The lowest BCUT2D eigenvalue weighted by molar-refractivity contribution is -0.116. The zero-order valence-corrected chi connectivity index (χ0v) is 12.4. The van der Waals surface area contributed by atoms with E-state index in [9.17, 15) is 4.79 Å². The first-order valence-corrected chi connectivity index (χ1v) is 7.25. The van der Waals surface area contributed by atoms with Crippen LogP contribution < -0.4 is 5.32 Å². The number of benzene rings is 1. The van der Waals surface area contributed by atoms with E-state index in [1.54, 1.807) is 6.26 Å². The molecule has 2 heterocycles. The van der Waals surface area contributed by atoms with E-state index in [0.717, 1.165) is 11.4 Å². The molecule has 1 aromatic carbocycles. The molecular weight excluding hydrogens is 276 g/mol. The molecule has 0 bridgehead atoms. The first kappa shape index (κ1) is 14.2. The van der Waals surface area contributed by atoms with Crippen LogP contribution in [0.5, 0.6) is 0 Å². The second-order valence-electron chi connectivity index (χ2n) is 5.28. The summed E-state index contributed by atoms with van der Waals surface area (Å²) in [6.45, 7) is 2.02. The molecule has 1 amide bonds. The van der Waals surface area contributed by atoms with E-state index < -0.39 is 0 Å². The summed E-state index contributed by atoms with van der Waals surface area (Å²) in [6.07, 6.45) is 5.82. The molecule has 0 spiro atoms. The van der Waals surface area contributed by atoms with Crippen molar-refractivity contribution in [2.45, 2.75) is 19.4 Å². The van der Waals surface area contributed by atoms with Gasteiger partial charge in [0, 0.05) is 18.1 Å². The third kappa shape index (κ3) is 3.28. The van der Waals surface area contributed by atoms with Gasteiger partial charge in [0.15, 0.2) is 0 Å². The van der Waals surface area contributed by atoms with Crippen LogP contribution >= 0.6 is 0 Å².